The van der Waals surface area contributed by atoms with E-state index >= 15 is 0 Å². The first kappa shape index (κ1) is 56.5. The van der Waals surface area contributed by atoms with E-state index in [0.29, 0.717) is 0 Å². The smallest absolute Gasteiger partial charge is 0.159 e. The number of benzene rings is 14. The Kier molecular flexibility index (Phi) is 13.0. The molecule has 2 aliphatic carbocycles. The molecule has 0 saturated carbocycles. The summed E-state index contributed by atoms with van der Waals surface area (Å²) in [5, 5.41) is 9.82. The molecule has 0 bridgehead atoms. The van der Waals surface area contributed by atoms with Gasteiger partial charge in [0.1, 0.15) is 0 Å². The molecule has 8 heteroatoms. The third-order valence-electron chi connectivity index (χ3n) is 20.2. The Morgan fingerprint density at radius 2 is 0.660 bits per heavy atom. The van der Waals surface area contributed by atoms with Gasteiger partial charge in [0.05, 0.1) is 45.5 Å². The molecule has 456 valence electrons. The molecule has 0 saturated heterocycles. The van der Waals surface area contributed by atoms with Crippen LogP contribution in [-0.2, 0) is 10.8 Å². The molecular weight excluding hydrogens is 1150 g/mol. The van der Waals surface area contributed by atoms with E-state index in [1.165, 1.54) is 82.2 Å². The predicted octanol–water partition coefficient (Wildman–Crippen LogP) is 23.5. The topological polar surface area (TPSA) is 49.9 Å². The van der Waals surface area contributed by atoms with E-state index in [2.05, 4.69) is 282 Å². The second-order valence-corrected chi connectivity index (χ2v) is 26.2. The molecule has 14 aromatic rings. The summed E-state index contributed by atoms with van der Waals surface area (Å²) in [6.45, 7) is 9.18. The molecule has 4 aliphatic heterocycles. The molecule has 0 radical (unpaired) electrons. The zero-order valence-electron chi connectivity index (χ0n) is 53.8. The maximum absolute atomic E-state index is 6.40. The van der Waals surface area contributed by atoms with Gasteiger partial charge in [-0.05, 0) is 162 Å². The first-order valence-electron chi connectivity index (χ1n) is 32.3. The average Bonchev–Trinajstić information content (AvgIpc) is 1.44. The zero-order valence-corrected chi connectivity index (χ0v) is 53.8. The number of nitrogens with zero attached hydrogens (tertiary/aromatic N) is 4. The molecule has 0 unspecified atom stereocenters. The quantitative estimate of drug-likeness (QED) is 0.110. The number of fused-ring (bicyclic) bond motifs is 22. The third-order valence-corrected chi connectivity index (χ3v) is 20.2. The van der Waals surface area contributed by atoms with Gasteiger partial charge in [-0.3, -0.25) is 0 Å². The van der Waals surface area contributed by atoms with Gasteiger partial charge in [-0.2, -0.15) is 0 Å². The molecule has 0 spiro atoms. The van der Waals surface area contributed by atoms with E-state index < -0.39 is 0 Å². The van der Waals surface area contributed by atoms with Crippen molar-refractivity contribution in [3.8, 4) is 68.2 Å². The number of para-hydroxylation sites is 8. The number of hydrogen-bond donors (Lipinski definition) is 0. The lowest BCUT2D eigenvalue weighted by molar-refractivity contribution is 0.473. The van der Waals surface area contributed by atoms with E-state index in [1.54, 1.807) is 0 Å². The van der Waals surface area contributed by atoms with E-state index in [4.69, 9.17) is 18.9 Å². The van der Waals surface area contributed by atoms with E-state index in [0.717, 1.165) is 96.9 Å². The van der Waals surface area contributed by atoms with Crippen LogP contribution in [0.2, 0.25) is 0 Å². The summed E-state index contributed by atoms with van der Waals surface area (Å²) in [4.78, 5) is 8.89. The minimum Gasteiger partial charge on any atom is -0.453 e. The van der Waals surface area contributed by atoms with Crippen molar-refractivity contribution in [3.63, 3.8) is 0 Å². The third kappa shape index (κ3) is 8.80. The van der Waals surface area contributed by atoms with Crippen molar-refractivity contribution in [1.29, 1.82) is 0 Å². The van der Waals surface area contributed by atoms with Gasteiger partial charge < -0.3 is 38.5 Å². The van der Waals surface area contributed by atoms with Crippen molar-refractivity contribution in [1.82, 2.24) is 0 Å². The van der Waals surface area contributed by atoms with Crippen molar-refractivity contribution >= 4 is 88.6 Å². The van der Waals surface area contributed by atoms with E-state index in [-0.39, 0.29) is 10.8 Å². The maximum atomic E-state index is 6.40. The lowest BCUT2D eigenvalue weighted by atomic mass is 9.82. The number of rotatable bonds is 0. The van der Waals surface area contributed by atoms with Crippen molar-refractivity contribution < 1.29 is 18.9 Å². The summed E-state index contributed by atoms with van der Waals surface area (Å²) < 4.78 is 25.1. The molecule has 14 aromatic carbocycles. The molecule has 8 nitrogen and oxygen atoms in total. The summed E-state index contributed by atoms with van der Waals surface area (Å²) in [5.41, 5.74) is 19.6. The predicted molar refractivity (Wildman–Crippen MR) is 389 cm³/mol. The fourth-order valence-corrected chi connectivity index (χ4v) is 15.3. The fraction of sp³-hybridized carbons (Fsp3) is 0.116. The summed E-state index contributed by atoms with van der Waals surface area (Å²) in [7, 11) is 8.42. The Morgan fingerprint density at radius 3 is 1.27 bits per heavy atom. The van der Waals surface area contributed by atoms with Crippen molar-refractivity contribution in [2.24, 2.45) is 0 Å². The van der Waals surface area contributed by atoms with Crippen molar-refractivity contribution in [2.75, 3.05) is 47.8 Å². The van der Waals surface area contributed by atoms with E-state index in [1.807, 2.05) is 60.7 Å². The van der Waals surface area contributed by atoms with Crippen LogP contribution < -0.4 is 38.5 Å². The lowest BCUT2D eigenvalue weighted by Crippen LogP contribution is -2.18. The van der Waals surface area contributed by atoms with Gasteiger partial charge in [0.15, 0.2) is 46.0 Å². The Balaban J connectivity index is 0.0000000954. The number of ether oxygens (including phenoxy) is 4. The molecule has 6 aliphatic rings. The lowest BCUT2D eigenvalue weighted by Gasteiger charge is -2.32. The first-order valence-corrected chi connectivity index (χ1v) is 32.3. The Bertz CT molecular complexity index is 5440. The molecule has 0 fully saturated rings. The second-order valence-electron chi connectivity index (χ2n) is 26.2. The molecule has 94 heavy (non-hydrogen) atoms. The van der Waals surface area contributed by atoms with Gasteiger partial charge in [0.2, 0.25) is 0 Å². The van der Waals surface area contributed by atoms with Crippen LogP contribution in [-0.4, -0.2) is 28.2 Å². The summed E-state index contributed by atoms with van der Waals surface area (Å²) in [6.07, 6.45) is 0. The molecule has 20 rings (SSSR count). The Labute approximate surface area is 548 Å². The van der Waals surface area contributed by atoms with Gasteiger partial charge in [0, 0.05) is 55.4 Å². The highest BCUT2D eigenvalue weighted by Crippen LogP contribution is 2.60. The molecule has 0 atom stereocenters. The fourth-order valence-electron chi connectivity index (χ4n) is 15.3. The highest BCUT2D eigenvalue weighted by molar-refractivity contribution is 6.18. The van der Waals surface area contributed by atoms with Crippen LogP contribution in [0.3, 0.4) is 0 Å². The molecule has 0 aromatic heterocycles. The van der Waals surface area contributed by atoms with Crippen LogP contribution in [0, 0.1) is 0 Å². The monoisotopic (exact) mass is 1220 g/mol. The maximum Gasteiger partial charge on any atom is 0.159 e. The first-order chi connectivity index (χ1) is 45.8. The van der Waals surface area contributed by atoms with Crippen LogP contribution >= 0.6 is 0 Å². The second kappa shape index (κ2) is 21.6. The minimum absolute atomic E-state index is 0.000146. The highest BCUT2D eigenvalue weighted by atomic mass is 16.5. The van der Waals surface area contributed by atoms with Crippen LogP contribution in [0.1, 0.15) is 49.9 Å². The van der Waals surface area contributed by atoms with Crippen LogP contribution in [0.25, 0.3) is 65.3 Å². The molecule has 4 heterocycles. The SMILES string of the molecule is CN1c2ccccc2Oc2c1c1ccccc1c1ccccc21.CN1c2ccccc2Oc2c1ccc1c2-c2ccccc2C1(C)C.CN1c2ccccc2Oc2cc3c(cc21)-c1ccccc1C3(C)C.CN1c2ccccc2Oc2cc3cc4ccccc4cc3cc21. The summed E-state index contributed by atoms with van der Waals surface area (Å²) in [6, 6.07) is 93.5. The van der Waals surface area contributed by atoms with Gasteiger partial charge in [-0.1, -0.05) is 204 Å². The van der Waals surface area contributed by atoms with Gasteiger partial charge in [-0.25, -0.2) is 0 Å². The highest BCUT2D eigenvalue weighted by Gasteiger charge is 2.41. The van der Waals surface area contributed by atoms with Gasteiger partial charge in [0.25, 0.3) is 0 Å². The van der Waals surface area contributed by atoms with Crippen LogP contribution in [0.15, 0.2) is 267 Å². The van der Waals surface area contributed by atoms with Crippen LogP contribution in [0.4, 0.5) is 45.5 Å². The molecule has 0 N–H and O–H groups in total. The summed E-state index contributed by atoms with van der Waals surface area (Å²) >= 11 is 0. The van der Waals surface area contributed by atoms with Crippen molar-refractivity contribution in [3.05, 3.63) is 289 Å². The van der Waals surface area contributed by atoms with Crippen molar-refractivity contribution in [2.45, 2.75) is 38.5 Å². The average molecular weight is 1220 g/mol. The van der Waals surface area contributed by atoms with E-state index in [9.17, 15) is 0 Å². The van der Waals surface area contributed by atoms with Crippen LogP contribution in [0.5, 0.6) is 46.0 Å². The summed E-state index contributed by atoms with van der Waals surface area (Å²) in [5.74, 6) is 7.42. The largest absolute Gasteiger partial charge is 0.453 e. The molecule has 0 amide bonds. The Morgan fingerprint density at radius 1 is 0.245 bits per heavy atom. The number of anilines is 8. The number of hydrogen-bond acceptors (Lipinski definition) is 8. The van der Waals surface area contributed by atoms with Gasteiger partial charge >= 0.3 is 0 Å². The standard InChI is InChI=1S/2C22H19NO.2C21H15NO/c1-22(2)16-9-5-4-8-14(16)15-12-19-21(13-17(15)22)24-20-11-7-6-10-18(20)23(19)3;1-22(2)15-9-5-4-8-14(15)20-16(22)12-13-18-21(20)24-19-11-7-6-10-17(19)23(18)3;1-22-18-12-6-7-13-19(18)23-21-17-11-5-3-9-15(17)14-8-2-4-10-16(14)20(21)22;1-22-18-8-4-5-9-20(18)23-21-13-17-11-15-7-3-2-6-14(15)10-16(17)12-19(21)22/h2*4-13H,1-3H3;2*2-13H,1H3. The minimum atomic E-state index is -0.000146. The normalized spacial score (nSPS) is 14.4. The Hall–Kier alpha value is -11.5. The zero-order chi connectivity index (χ0) is 63.7. The van der Waals surface area contributed by atoms with Gasteiger partial charge in [-0.15, -0.1) is 0 Å². The molecular formula is C86H68N4O4.